The van der Waals surface area contributed by atoms with E-state index >= 15 is 0 Å². The average Bonchev–Trinajstić information content (AvgIpc) is 2.59. The average molecular weight is 223 g/mol. The molecule has 1 aliphatic rings. The fraction of sp³-hybridized carbons (Fsp3) is 0.692. The highest BCUT2D eigenvalue weighted by atomic mass is 32.1. The van der Waals surface area contributed by atoms with Crippen molar-refractivity contribution in [2.75, 3.05) is 0 Å². The molecule has 1 heterocycles. The molecule has 2 rings (SSSR count). The summed E-state index contributed by atoms with van der Waals surface area (Å²) in [5.41, 5.74) is 6.17. The second kappa shape index (κ2) is 5.13. The van der Waals surface area contributed by atoms with E-state index in [2.05, 4.69) is 19.1 Å². The Hall–Kier alpha value is -0.340. The summed E-state index contributed by atoms with van der Waals surface area (Å²) < 4.78 is 0. The fourth-order valence-corrected chi connectivity index (χ4v) is 3.27. The zero-order valence-electron chi connectivity index (χ0n) is 9.54. The zero-order chi connectivity index (χ0) is 10.7. The van der Waals surface area contributed by atoms with Crippen LogP contribution in [0.25, 0.3) is 0 Å². The summed E-state index contributed by atoms with van der Waals surface area (Å²) in [6, 6.07) is 4.89. The lowest BCUT2D eigenvalue weighted by Gasteiger charge is -2.27. The predicted molar refractivity (Wildman–Crippen MR) is 67.3 cm³/mol. The molecule has 1 nitrogen and oxygen atoms in total. The fourth-order valence-electron chi connectivity index (χ4n) is 2.22. The number of aryl methyl sites for hydroxylation is 1. The lowest BCUT2D eigenvalue weighted by Crippen LogP contribution is -2.28. The van der Waals surface area contributed by atoms with E-state index in [0.717, 1.165) is 18.8 Å². The SMILES string of the molecule is CCc1ccc(CC(N)CC2CCC2)s1. The molecular weight excluding hydrogens is 202 g/mol. The maximum Gasteiger partial charge on any atom is 0.00898 e. The van der Waals surface area contributed by atoms with Gasteiger partial charge in [-0.25, -0.2) is 0 Å². The van der Waals surface area contributed by atoms with Crippen LogP contribution in [0.5, 0.6) is 0 Å². The molecule has 1 saturated carbocycles. The normalized spacial score (nSPS) is 18.8. The molecule has 15 heavy (non-hydrogen) atoms. The molecule has 0 bridgehead atoms. The van der Waals surface area contributed by atoms with E-state index in [4.69, 9.17) is 5.73 Å². The van der Waals surface area contributed by atoms with Gasteiger partial charge in [-0.3, -0.25) is 0 Å². The third-order valence-electron chi connectivity index (χ3n) is 3.39. The van der Waals surface area contributed by atoms with Crippen molar-refractivity contribution in [1.82, 2.24) is 0 Å². The molecule has 1 aliphatic carbocycles. The molecule has 0 aromatic carbocycles. The highest BCUT2D eigenvalue weighted by molar-refractivity contribution is 7.11. The predicted octanol–water partition coefficient (Wildman–Crippen LogP) is 3.37. The van der Waals surface area contributed by atoms with Crippen LogP contribution < -0.4 is 5.73 Å². The van der Waals surface area contributed by atoms with Gasteiger partial charge in [0.1, 0.15) is 0 Å². The maximum atomic E-state index is 6.17. The third-order valence-corrected chi connectivity index (χ3v) is 4.64. The smallest absolute Gasteiger partial charge is 0.00898 e. The van der Waals surface area contributed by atoms with Crippen molar-refractivity contribution in [3.63, 3.8) is 0 Å². The lowest BCUT2D eigenvalue weighted by molar-refractivity contribution is 0.276. The first-order valence-electron chi connectivity index (χ1n) is 6.11. The summed E-state index contributed by atoms with van der Waals surface area (Å²) >= 11 is 1.93. The molecule has 0 spiro atoms. The molecule has 1 aromatic heterocycles. The summed E-state index contributed by atoms with van der Waals surface area (Å²) in [7, 11) is 0. The monoisotopic (exact) mass is 223 g/mol. The van der Waals surface area contributed by atoms with Crippen LogP contribution in [0.3, 0.4) is 0 Å². The van der Waals surface area contributed by atoms with E-state index < -0.39 is 0 Å². The summed E-state index contributed by atoms with van der Waals surface area (Å²) in [4.78, 5) is 2.96. The number of nitrogens with two attached hydrogens (primary N) is 1. The largest absolute Gasteiger partial charge is 0.327 e. The first-order valence-corrected chi connectivity index (χ1v) is 6.92. The first kappa shape index (κ1) is 11.2. The standard InChI is InChI=1S/C13H21NS/c1-2-12-6-7-13(15-12)9-11(14)8-10-4-3-5-10/h6-7,10-11H,2-5,8-9,14H2,1H3. The van der Waals surface area contributed by atoms with Crippen molar-refractivity contribution < 1.29 is 0 Å². The van der Waals surface area contributed by atoms with Gasteiger partial charge in [0.2, 0.25) is 0 Å². The Morgan fingerprint density at radius 3 is 2.67 bits per heavy atom. The maximum absolute atomic E-state index is 6.17. The van der Waals surface area contributed by atoms with Crippen molar-refractivity contribution in [3.8, 4) is 0 Å². The highest BCUT2D eigenvalue weighted by Gasteiger charge is 2.20. The van der Waals surface area contributed by atoms with Gasteiger partial charge in [0.15, 0.2) is 0 Å². The van der Waals surface area contributed by atoms with Crippen LogP contribution in [-0.2, 0) is 12.8 Å². The van der Waals surface area contributed by atoms with Crippen molar-refractivity contribution >= 4 is 11.3 Å². The van der Waals surface area contributed by atoms with E-state index in [1.54, 1.807) is 0 Å². The number of thiophene rings is 1. The van der Waals surface area contributed by atoms with Crippen LogP contribution >= 0.6 is 11.3 Å². The minimum Gasteiger partial charge on any atom is -0.327 e. The van der Waals surface area contributed by atoms with E-state index in [1.165, 1.54) is 35.4 Å². The molecule has 2 heteroatoms. The summed E-state index contributed by atoms with van der Waals surface area (Å²) in [5.74, 6) is 0.936. The van der Waals surface area contributed by atoms with E-state index in [-0.39, 0.29) is 0 Å². The molecule has 1 unspecified atom stereocenters. The van der Waals surface area contributed by atoms with Crippen LogP contribution in [0.2, 0.25) is 0 Å². The molecule has 0 saturated heterocycles. The van der Waals surface area contributed by atoms with Crippen LogP contribution in [0.4, 0.5) is 0 Å². The van der Waals surface area contributed by atoms with Crippen molar-refractivity contribution in [3.05, 3.63) is 21.9 Å². The third kappa shape index (κ3) is 3.05. The number of hydrogen-bond acceptors (Lipinski definition) is 2. The topological polar surface area (TPSA) is 26.0 Å². The van der Waals surface area contributed by atoms with Gasteiger partial charge in [0, 0.05) is 15.8 Å². The molecule has 0 radical (unpaired) electrons. The van der Waals surface area contributed by atoms with Gasteiger partial charge in [0.05, 0.1) is 0 Å². The van der Waals surface area contributed by atoms with Gasteiger partial charge in [-0.2, -0.15) is 0 Å². The van der Waals surface area contributed by atoms with E-state index in [0.29, 0.717) is 6.04 Å². The van der Waals surface area contributed by atoms with E-state index in [9.17, 15) is 0 Å². The summed E-state index contributed by atoms with van der Waals surface area (Å²) in [6.07, 6.45) is 7.73. The molecular formula is C13H21NS. The van der Waals surface area contributed by atoms with Crippen LogP contribution in [0.15, 0.2) is 12.1 Å². The Balaban J connectivity index is 1.79. The van der Waals surface area contributed by atoms with Gasteiger partial charge in [-0.15, -0.1) is 11.3 Å². The van der Waals surface area contributed by atoms with Crippen LogP contribution in [-0.4, -0.2) is 6.04 Å². The van der Waals surface area contributed by atoms with Gasteiger partial charge in [-0.1, -0.05) is 26.2 Å². The van der Waals surface area contributed by atoms with Crippen molar-refractivity contribution in [2.45, 2.75) is 51.5 Å². The highest BCUT2D eigenvalue weighted by Crippen LogP contribution is 2.31. The Morgan fingerprint density at radius 2 is 2.13 bits per heavy atom. The number of rotatable bonds is 5. The summed E-state index contributed by atoms with van der Waals surface area (Å²) in [6.45, 7) is 2.21. The minimum absolute atomic E-state index is 0.388. The Labute approximate surface area is 96.7 Å². The van der Waals surface area contributed by atoms with Gasteiger partial charge in [0.25, 0.3) is 0 Å². The molecule has 2 N–H and O–H groups in total. The second-order valence-corrected chi connectivity index (χ2v) is 5.97. The van der Waals surface area contributed by atoms with Crippen molar-refractivity contribution in [2.24, 2.45) is 11.7 Å². The van der Waals surface area contributed by atoms with E-state index in [1.807, 2.05) is 11.3 Å². The molecule has 0 amide bonds. The van der Waals surface area contributed by atoms with Crippen LogP contribution in [0.1, 0.15) is 42.4 Å². The molecule has 0 aliphatic heterocycles. The lowest BCUT2D eigenvalue weighted by atomic mass is 9.80. The number of hydrogen-bond donors (Lipinski definition) is 1. The van der Waals surface area contributed by atoms with Gasteiger partial charge >= 0.3 is 0 Å². The van der Waals surface area contributed by atoms with Gasteiger partial charge in [-0.05, 0) is 37.3 Å². The molecule has 84 valence electrons. The van der Waals surface area contributed by atoms with Crippen LogP contribution in [0, 0.1) is 5.92 Å². The molecule has 1 aromatic rings. The summed E-state index contributed by atoms with van der Waals surface area (Å²) in [5, 5.41) is 0. The second-order valence-electron chi connectivity index (χ2n) is 4.72. The van der Waals surface area contributed by atoms with Gasteiger partial charge < -0.3 is 5.73 Å². The molecule has 1 fully saturated rings. The first-order chi connectivity index (χ1) is 7.28. The quantitative estimate of drug-likeness (QED) is 0.813. The minimum atomic E-state index is 0.388. The Bertz CT molecular complexity index is 301. The van der Waals surface area contributed by atoms with Crippen molar-refractivity contribution in [1.29, 1.82) is 0 Å². The zero-order valence-corrected chi connectivity index (χ0v) is 10.4. The Morgan fingerprint density at radius 1 is 1.40 bits per heavy atom. The molecule has 1 atom stereocenters. The Kier molecular flexibility index (Phi) is 3.81.